The van der Waals surface area contributed by atoms with Crippen molar-refractivity contribution in [3.8, 4) is 0 Å². The van der Waals surface area contributed by atoms with E-state index in [0.29, 0.717) is 0 Å². The van der Waals surface area contributed by atoms with Crippen molar-refractivity contribution >= 4 is 23.2 Å². The van der Waals surface area contributed by atoms with E-state index in [1.165, 1.54) is 0 Å². The van der Waals surface area contributed by atoms with Crippen molar-refractivity contribution in [1.29, 1.82) is 0 Å². The van der Waals surface area contributed by atoms with Crippen LogP contribution in [0, 0.1) is 6.92 Å². The van der Waals surface area contributed by atoms with Gasteiger partial charge >= 0.3 is 0 Å². The third-order valence-electron chi connectivity index (χ3n) is 2.89. The normalized spacial score (nSPS) is 10.8. The zero-order valence-corrected chi connectivity index (χ0v) is 12.7. The Morgan fingerprint density at radius 3 is 2.75 bits per heavy atom. The molecule has 0 aliphatic rings. The molecule has 108 valence electrons. The maximum absolute atomic E-state index is 5.89. The lowest BCUT2D eigenvalue weighted by Crippen LogP contribution is -2.05. The number of aromatic nitrogens is 2. The Morgan fingerprint density at radius 2 is 2.05 bits per heavy atom. The van der Waals surface area contributed by atoms with Gasteiger partial charge in [-0.25, -0.2) is 4.98 Å². The maximum Gasteiger partial charge on any atom is 0.207 e. The molecule has 1 aromatic heterocycles. The molecule has 2 aromatic rings. The van der Waals surface area contributed by atoms with Gasteiger partial charge in [-0.2, -0.15) is 0 Å². The maximum atomic E-state index is 5.89. The molecule has 4 nitrogen and oxygen atoms in total. The van der Waals surface area contributed by atoms with Crippen LogP contribution in [0.5, 0.6) is 0 Å². The number of nitrogens with one attached hydrogen (secondary N) is 1. The summed E-state index contributed by atoms with van der Waals surface area (Å²) in [6, 6.07) is 7.60. The van der Waals surface area contributed by atoms with Crippen LogP contribution in [0.4, 0.5) is 11.6 Å². The molecular weight excluding hydrogens is 274 g/mol. The molecule has 20 heavy (non-hydrogen) atoms. The molecule has 0 radical (unpaired) electrons. The summed E-state index contributed by atoms with van der Waals surface area (Å²) in [6.45, 7) is 6.42. The predicted octanol–water partition coefficient (Wildman–Crippen LogP) is 4.02. The first-order valence-electron chi connectivity index (χ1n) is 6.83. The van der Waals surface area contributed by atoms with Crippen LogP contribution in [0.2, 0.25) is 5.02 Å². The van der Waals surface area contributed by atoms with E-state index < -0.39 is 0 Å². The number of ether oxygens (including phenoxy) is 1. The monoisotopic (exact) mass is 293 g/mol. The van der Waals surface area contributed by atoms with E-state index in [-0.39, 0.29) is 0 Å². The Balaban J connectivity index is 2.01. The molecule has 0 unspecified atom stereocenters. The number of benzene rings is 1. The zero-order valence-electron chi connectivity index (χ0n) is 11.9. The third-order valence-corrected chi connectivity index (χ3v) is 3.14. The summed E-state index contributed by atoms with van der Waals surface area (Å²) in [6.07, 6.45) is 3.02. The molecule has 0 bridgehead atoms. The standard InChI is InChI=1S/C15H20ClN3O/c1-3-20-10-4-9-19-11-12(2)17-15(19)18-14-7-5-13(16)6-8-14/h5-8,11H,3-4,9-10H2,1-2H3,(H,17,18). The van der Waals surface area contributed by atoms with Crippen molar-refractivity contribution in [2.24, 2.45) is 0 Å². The molecule has 0 aliphatic carbocycles. The highest BCUT2D eigenvalue weighted by atomic mass is 35.5. The molecule has 0 spiro atoms. The molecule has 0 saturated carbocycles. The first-order chi connectivity index (χ1) is 9.69. The molecule has 1 N–H and O–H groups in total. The highest BCUT2D eigenvalue weighted by molar-refractivity contribution is 6.30. The molecule has 1 aromatic carbocycles. The van der Waals surface area contributed by atoms with Gasteiger partial charge < -0.3 is 14.6 Å². The van der Waals surface area contributed by atoms with E-state index in [1.54, 1.807) is 0 Å². The van der Waals surface area contributed by atoms with Crippen LogP contribution in [0.1, 0.15) is 19.0 Å². The van der Waals surface area contributed by atoms with Crippen molar-refractivity contribution in [1.82, 2.24) is 9.55 Å². The van der Waals surface area contributed by atoms with E-state index in [2.05, 4.69) is 14.9 Å². The first kappa shape index (κ1) is 14.9. The van der Waals surface area contributed by atoms with Gasteiger partial charge in [-0.3, -0.25) is 0 Å². The topological polar surface area (TPSA) is 39.1 Å². The summed E-state index contributed by atoms with van der Waals surface area (Å²) in [5.41, 5.74) is 1.98. The van der Waals surface area contributed by atoms with Gasteiger partial charge in [-0.1, -0.05) is 11.6 Å². The third kappa shape index (κ3) is 4.25. The fraction of sp³-hybridized carbons (Fsp3) is 0.400. The summed E-state index contributed by atoms with van der Waals surface area (Å²) in [4.78, 5) is 4.51. The van der Waals surface area contributed by atoms with Gasteiger partial charge in [0.1, 0.15) is 0 Å². The number of halogens is 1. The predicted molar refractivity (Wildman–Crippen MR) is 82.8 cm³/mol. The molecule has 0 saturated heterocycles. The van der Waals surface area contributed by atoms with Crippen molar-refractivity contribution in [3.05, 3.63) is 41.2 Å². The molecule has 0 fully saturated rings. The Hall–Kier alpha value is -1.52. The van der Waals surface area contributed by atoms with Gasteiger partial charge in [0.2, 0.25) is 5.95 Å². The Bertz CT molecular complexity index is 537. The molecule has 1 heterocycles. The summed E-state index contributed by atoms with van der Waals surface area (Å²) < 4.78 is 7.48. The minimum atomic E-state index is 0.729. The van der Waals surface area contributed by atoms with Gasteiger partial charge in [0.25, 0.3) is 0 Å². The van der Waals surface area contributed by atoms with Crippen LogP contribution in [-0.2, 0) is 11.3 Å². The number of imidazole rings is 1. The van der Waals surface area contributed by atoms with Gasteiger partial charge in [0, 0.05) is 36.7 Å². The molecule has 0 atom stereocenters. The van der Waals surface area contributed by atoms with Crippen molar-refractivity contribution < 1.29 is 4.74 Å². The molecule has 0 amide bonds. The number of anilines is 2. The minimum absolute atomic E-state index is 0.729. The number of hydrogen-bond acceptors (Lipinski definition) is 3. The fourth-order valence-corrected chi connectivity index (χ4v) is 2.09. The Kier molecular flexibility index (Phi) is 5.44. The smallest absolute Gasteiger partial charge is 0.207 e. The minimum Gasteiger partial charge on any atom is -0.382 e. The molecule has 2 rings (SSSR count). The largest absolute Gasteiger partial charge is 0.382 e. The highest BCUT2D eigenvalue weighted by Gasteiger charge is 2.05. The van der Waals surface area contributed by atoms with Crippen LogP contribution in [-0.4, -0.2) is 22.8 Å². The second-order valence-electron chi connectivity index (χ2n) is 4.58. The van der Waals surface area contributed by atoms with Crippen molar-refractivity contribution in [3.63, 3.8) is 0 Å². The van der Waals surface area contributed by atoms with Crippen molar-refractivity contribution in [2.75, 3.05) is 18.5 Å². The van der Waals surface area contributed by atoms with E-state index in [9.17, 15) is 0 Å². The van der Waals surface area contributed by atoms with Crippen LogP contribution in [0.25, 0.3) is 0 Å². The lowest BCUT2D eigenvalue weighted by molar-refractivity contribution is 0.142. The van der Waals surface area contributed by atoms with E-state index in [1.807, 2.05) is 44.3 Å². The van der Waals surface area contributed by atoms with Crippen LogP contribution < -0.4 is 5.32 Å². The Morgan fingerprint density at radius 1 is 1.30 bits per heavy atom. The van der Waals surface area contributed by atoms with Crippen LogP contribution in [0.3, 0.4) is 0 Å². The van der Waals surface area contributed by atoms with Gasteiger partial charge in [0.05, 0.1) is 5.69 Å². The van der Waals surface area contributed by atoms with Gasteiger partial charge in [-0.05, 0) is 44.5 Å². The van der Waals surface area contributed by atoms with E-state index in [0.717, 1.165) is 48.5 Å². The highest BCUT2D eigenvalue weighted by Crippen LogP contribution is 2.19. The number of hydrogen-bond donors (Lipinski definition) is 1. The second kappa shape index (κ2) is 7.31. The van der Waals surface area contributed by atoms with Gasteiger partial charge in [-0.15, -0.1) is 0 Å². The lowest BCUT2D eigenvalue weighted by atomic mass is 10.3. The SMILES string of the molecule is CCOCCCn1cc(C)nc1Nc1ccc(Cl)cc1. The number of rotatable bonds is 7. The molecular formula is C15H20ClN3O. The molecule has 0 aliphatic heterocycles. The number of aryl methyl sites for hydroxylation is 2. The Labute approximate surface area is 124 Å². The summed E-state index contributed by atoms with van der Waals surface area (Å²) >= 11 is 5.89. The van der Waals surface area contributed by atoms with Crippen molar-refractivity contribution in [2.45, 2.75) is 26.8 Å². The lowest BCUT2D eigenvalue weighted by Gasteiger charge is -2.09. The quantitative estimate of drug-likeness (QED) is 0.784. The summed E-state index contributed by atoms with van der Waals surface area (Å²) in [5.74, 6) is 0.848. The van der Waals surface area contributed by atoms with E-state index in [4.69, 9.17) is 16.3 Å². The second-order valence-corrected chi connectivity index (χ2v) is 5.02. The van der Waals surface area contributed by atoms with E-state index >= 15 is 0 Å². The average molecular weight is 294 g/mol. The fourth-order valence-electron chi connectivity index (χ4n) is 1.96. The molecule has 5 heteroatoms. The summed E-state index contributed by atoms with van der Waals surface area (Å²) in [5, 5.41) is 4.04. The van der Waals surface area contributed by atoms with Crippen LogP contribution >= 0.6 is 11.6 Å². The van der Waals surface area contributed by atoms with Gasteiger partial charge in [0.15, 0.2) is 0 Å². The summed E-state index contributed by atoms with van der Waals surface area (Å²) in [7, 11) is 0. The zero-order chi connectivity index (χ0) is 14.4. The van der Waals surface area contributed by atoms with Crippen LogP contribution in [0.15, 0.2) is 30.5 Å². The average Bonchev–Trinajstić information content (AvgIpc) is 2.77. The first-order valence-corrected chi connectivity index (χ1v) is 7.21. The number of nitrogens with zero attached hydrogens (tertiary/aromatic N) is 2.